The average molecular weight is 342 g/mol. The predicted octanol–water partition coefficient (Wildman–Crippen LogP) is 4.28. The topological polar surface area (TPSA) is 12.5 Å². The first-order chi connectivity index (χ1) is 9.12. The van der Waals surface area contributed by atoms with Crippen molar-refractivity contribution in [2.45, 2.75) is 38.5 Å². The zero-order valence-corrected chi connectivity index (χ0v) is 14.9. The molecular formula is C17H28BrNO. The molecule has 0 saturated carbocycles. The monoisotopic (exact) mass is 341 g/mol. The average Bonchev–Trinajstić information content (AvgIpc) is 2.42. The van der Waals surface area contributed by atoms with Crippen molar-refractivity contribution in [2.24, 2.45) is 5.92 Å². The second-order valence-corrected chi connectivity index (χ2v) is 6.05. The van der Waals surface area contributed by atoms with E-state index in [2.05, 4.69) is 44.0 Å². The molecule has 0 amide bonds. The zero-order chi connectivity index (χ0) is 13.9. The molecule has 1 aliphatic rings. The van der Waals surface area contributed by atoms with Gasteiger partial charge in [0.2, 0.25) is 0 Å². The molecule has 1 heterocycles. The maximum Gasteiger partial charge on any atom is 0.119 e. The lowest BCUT2D eigenvalue weighted by Gasteiger charge is -2.46. The Morgan fingerprint density at radius 2 is 2.15 bits per heavy atom. The van der Waals surface area contributed by atoms with Crippen LogP contribution in [0, 0.1) is 5.92 Å². The Morgan fingerprint density at radius 1 is 1.40 bits per heavy atom. The van der Waals surface area contributed by atoms with Gasteiger partial charge in [-0.1, -0.05) is 32.4 Å². The Labute approximate surface area is 134 Å². The second-order valence-electron chi connectivity index (χ2n) is 6.05. The molecule has 20 heavy (non-hydrogen) atoms. The van der Waals surface area contributed by atoms with Gasteiger partial charge in [0.15, 0.2) is 0 Å². The van der Waals surface area contributed by atoms with E-state index in [9.17, 15) is 0 Å². The zero-order valence-electron chi connectivity index (χ0n) is 13.2. The summed E-state index contributed by atoms with van der Waals surface area (Å²) in [6, 6.07) is 8.72. The van der Waals surface area contributed by atoms with E-state index >= 15 is 0 Å². The van der Waals surface area contributed by atoms with Gasteiger partial charge >= 0.3 is 0 Å². The molecule has 2 rings (SSSR count). The number of halogens is 1. The van der Waals surface area contributed by atoms with Crippen LogP contribution in [-0.4, -0.2) is 32.1 Å². The highest BCUT2D eigenvalue weighted by molar-refractivity contribution is 8.93. The Balaban J connectivity index is 0.00000200. The second kappa shape index (κ2) is 7.46. The molecule has 1 aromatic carbocycles. The molecule has 2 atom stereocenters. The molecule has 2 nitrogen and oxygen atoms in total. The van der Waals surface area contributed by atoms with Crippen LogP contribution in [0.2, 0.25) is 0 Å². The van der Waals surface area contributed by atoms with Crippen molar-refractivity contribution in [1.29, 1.82) is 0 Å². The summed E-state index contributed by atoms with van der Waals surface area (Å²) >= 11 is 0. The van der Waals surface area contributed by atoms with Crippen LogP contribution in [0.15, 0.2) is 24.3 Å². The van der Waals surface area contributed by atoms with Crippen LogP contribution in [0.1, 0.15) is 38.7 Å². The summed E-state index contributed by atoms with van der Waals surface area (Å²) in [5.41, 5.74) is 1.80. The molecule has 0 N–H and O–H groups in total. The number of hydrogen-bond acceptors (Lipinski definition) is 2. The Bertz CT molecular complexity index is 423. The molecular weight excluding hydrogens is 314 g/mol. The number of likely N-dealkylation sites (tertiary alicyclic amines) is 1. The van der Waals surface area contributed by atoms with Gasteiger partial charge < -0.3 is 9.64 Å². The van der Waals surface area contributed by atoms with Gasteiger partial charge in [0, 0.05) is 12.0 Å². The minimum Gasteiger partial charge on any atom is -0.497 e. The van der Waals surface area contributed by atoms with Crippen molar-refractivity contribution in [3.63, 3.8) is 0 Å². The van der Waals surface area contributed by atoms with Gasteiger partial charge in [0.05, 0.1) is 7.11 Å². The highest BCUT2D eigenvalue weighted by atomic mass is 79.9. The van der Waals surface area contributed by atoms with E-state index in [-0.39, 0.29) is 17.0 Å². The lowest BCUT2D eigenvalue weighted by molar-refractivity contribution is 0.112. The summed E-state index contributed by atoms with van der Waals surface area (Å²) in [6.45, 7) is 7.09. The van der Waals surface area contributed by atoms with Gasteiger partial charge in [-0.05, 0) is 50.0 Å². The molecule has 3 heteroatoms. The molecule has 1 aromatic rings. The van der Waals surface area contributed by atoms with Crippen LogP contribution < -0.4 is 4.74 Å². The van der Waals surface area contributed by atoms with Crippen molar-refractivity contribution in [1.82, 2.24) is 4.90 Å². The molecule has 114 valence electrons. The van der Waals surface area contributed by atoms with E-state index in [1.54, 1.807) is 7.11 Å². The Kier molecular flexibility index (Phi) is 6.53. The molecule has 0 aliphatic carbocycles. The van der Waals surface area contributed by atoms with Gasteiger partial charge in [0.25, 0.3) is 0 Å². The van der Waals surface area contributed by atoms with E-state index < -0.39 is 0 Å². The van der Waals surface area contributed by atoms with E-state index in [0.717, 1.165) is 5.75 Å². The number of hydrogen-bond donors (Lipinski definition) is 0. The molecule has 0 aromatic heterocycles. The lowest BCUT2D eigenvalue weighted by atomic mass is 9.64. The number of piperidine rings is 1. The van der Waals surface area contributed by atoms with E-state index in [0.29, 0.717) is 11.3 Å². The normalized spacial score (nSPS) is 26.9. The van der Waals surface area contributed by atoms with Crippen LogP contribution in [-0.2, 0) is 5.41 Å². The third-order valence-corrected chi connectivity index (χ3v) is 4.81. The molecule has 0 spiro atoms. The van der Waals surface area contributed by atoms with Crippen molar-refractivity contribution < 1.29 is 4.74 Å². The largest absolute Gasteiger partial charge is 0.497 e. The minimum absolute atomic E-state index is 0. The van der Waals surface area contributed by atoms with E-state index in [1.807, 2.05) is 6.07 Å². The highest BCUT2D eigenvalue weighted by Gasteiger charge is 2.40. The maximum atomic E-state index is 5.41. The first-order valence-electron chi connectivity index (χ1n) is 7.45. The number of methoxy groups -OCH3 is 1. The van der Waals surface area contributed by atoms with Crippen molar-refractivity contribution in [2.75, 3.05) is 27.2 Å². The van der Waals surface area contributed by atoms with Crippen LogP contribution in [0.3, 0.4) is 0 Å². The van der Waals surface area contributed by atoms with Gasteiger partial charge in [0.1, 0.15) is 5.75 Å². The molecule has 1 saturated heterocycles. The summed E-state index contributed by atoms with van der Waals surface area (Å²) in [5, 5.41) is 0. The Morgan fingerprint density at radius 3 is 2.75 bits per heavy atom. The van der Waals surface area contributed by atoms with Crippen molar-refractivity contribution >= 4 is 17.0 Å². The lowest BCUT2D eigenvalue weighted by Crippen LogP contribution is -2.47. The molecule has 0 radical (unpaired) electrons. The van der Waals surface area contributed by atoms with Crippen molar-refractivity contribution in [3.05, 3.63) is 29.8 Å². The van der Waals surface area contributed by atoms with Crippen LogP contribution in [0.5, 0.6) is 5.75 Å². The number of ether oxygens (including phenoxy) is 1. The summed E-state index contributed by atoms with van der Waals surface area (Å²) < 4.78 is 5.41. The molecule has 1 fully saturated rings. The quantitative estimate of drug-likeness (QED) is 0.810. The standard InChI is InChI=1S/C17H27NO.BrH/c1-5-9-17(10-11-18(3)13-14(17)2)15-7-6-8-16(12-15)19-4;/h6-8,12,14H,5,9-11,13H2,1-4H3;1H/t14-,17+;/m0./s1. The summed E-state index contributed by atoms with van der Waals surface area (Å²) in [5.74, 6) is 1.68. The summed E-state index contributed by atoms with van der Waals surface area (Å²) in [7, 11) is 3.99. The summed E-state index contributed by atoms with van der Waals surface area (Å²) in [6.07, 6.45) is 3.77. The van der Waals surface area contributed by atoms with E-state index in [1.165, 1.54) is 37.9 Å². The Hall–Kier alpha value is -0.540. The third-order valence-electron chi connectivity index (χ3n) is 4.81. The van der Waals surface area contributed by atoms with E-state index in [4.69, 9.17) is 4.74 Å². The van der Waals surface area contributed by atoms with Crippen LogP contribution in [0.25, 0.3) is 0 Å². The molecule has 0 unspecified atom stereocenters. The number of benzene rings is 1. The fourth-order valence-corrected chi connectivity index (χ4v) is 3.69. The molecule has 0 bridgehead atoms. The first-order valence-corrected chi connectivity index (χ1v) is 7.45. The first kappa shape index (κ1) is 17.5. The van der Waals surface area contributed by atoms with Crippen LogP contribution in [0.4, 0.5) is 0 Å². The fourth-order valence-electron chi connectivity index (χ4n) is 3.69. The third kappa shape index (κ3) is 3.37. The minimum atomic E-state index is 0. The van der Waals surface area contributed by atoms with Gasteiger partial charge in [-0.15, -0.1) is 17.0 Å². The van der Waals surface area contributed by atoms with Crippen LogP contribution >= 0.6 is 17.0 Å². The van der Waals surface area contributed by atoms with Crippen molar-refractivity contribution in [3.8, 4) is 5.75 Å². The SMILES string of the molecule is Br.CCC[C@@]1(c2cccc(OC)c2)CCN(C)C[C@@H]1C. The highest BCUT2D eigenvalue weighted by Crippen LogP contribution is 2.43. The molecule has 1 aliphatic heterocycles. The maximum absolute atomic E-state index is 5.41. The fraction of sp³-hybridized carbons (Fsp3) is 0.647. The predicted molar refractivity (Wildman–Crippen MR) is 91.2 cm³/mol. The van der Waals surface area contributed by atoms with Gasteiger partial charge in [-0.3, -0.25) is 0 Å². The smallest absolute Gasteiger partial charge is 0.119 e. The number of nitrogens with zero attached hydrogens (tertiary/aromatic N) is 1. The number of rotatable bonds is 4. The summed E-state index contributed by atoms with van der Waals surface area (Å²) in [4.78, 5) is 2.46. The van der Waals surface area contributed by atoms with Gasteiger partial charge in [-0.25, -0.2) is 0 Å². The van der Waals surface area contributed by atoms with Gasteiger partial charge in [-0.2, -0.15) is 0 Å².